The molecule has 3 aromatic rings. The van der Waals surface area contributed by atoms with Crippen molar-refractivity contribution >= 4 is 35.0 Å². The van der Waals surface area contributed by atoms with Gasteiger partial charge in [0.05, 0.1) is 33.4 Å². The number of rotatable bonds is 6. The zero-order chi connectivity index (χ0) is 26.0. The van der Waals surface area contributed by atoms with Crippen LogP contribution >= 0.6 is 11.3 Å². The number of carbonyl (C=O) groups excluding carboxylic acids is 2. The van der Waals surface area contributed by atoms with Gasteiger partial charge in [-0.2, -0.15) is 0 Å². The maximum Gasteiger partial charge on any atom is 0.338 e. The molecule has 10 nitrogen and oxygen atoms in total. The predicted molar refractivity (Wildman–Crippen MR) is 131 cm³/mol. The Bertz CT molecular complexity index is 1580. The summed E-state index contributed by atoms with van der Waals surface area (Å²) >= 11 is 1.13. The maximum atomic E-state index is 13.6. The average Bonchev–Trinajstić information content (AvgIpc) is 3.13. The molecule has 0 spiro atoms. The minimum Gasteiger partial charge on any atom is -0.463 e. The second-order valence-corrected chi connectivity index (χ2v) is 8.83. The molecule has 1 aliphatic heterocycles. The van der Waals surface area contributed by atoms with Gasteiger partial charge in [-0.05, 0) is 43.2 Å². The van der Waals surface area contributed by atoms with E-state index in [0.29, 0.717) is 31.9 Å². The molecule has 0 N–H and O–H groups in total. The number of fused-ring (bicyclic) bond motifs is 1. The van der Waals surface area contributed by atoms with Gasteiger partial charge >= 0.3 is 11.9 Å². The first-order chi connectivity index (χ1) is 17.2. The van der Waals surface area contributed by atoms with Crippen LogP contribution in [0.25, 0.3) is 6.08 Å². The highest BCUT2D eigenvalue weighted by atomic mass is 32.1. The summed E-state index contributed by atoms with van der Waals surface area (Å²) in [4.78, 5) is 53.3. The summed E-state index contributed by atoms with van der Waals surface area (Å²) in [5.74, 6) is -0.711. The molecule has 184 valence electrons. The quantitative estimate of drug-likeness (QED) is 0.217. The van der Waals surface area contributed by atoms with Crippen molar-refractivity contribution in [2.24, 2.45) is 4.99 Å². The molecule has 1 aliphatic rings. The normalized spacial score (nSPS) is 15.2. The molecule has 2 aromatic carbocycles. The van der Waals surface area contributed by atoms with Gasteiger partial charge in [-0.25, -0.2) is 9.79 Å². The topological polar surface area (TPSA) is 130 Å². The fourth-order valence-corrected chi connectivity index (χ4v) is 4.91. The van der Waals surface area contributed by atoms with Crippen LogP contribution in [0.3, 0.4) is 0 Å². The fourth-order valence-electron chi connectivity index (χ4n) is 3.86. The van der Waals surface area contributed by atoms with Crippen molar-refractivity contribution in [2.45, 2.75) is 26.8 Å². The van der Waals surface area contributed by atoms with Crippen molar-refractivity contribution in [3.05, 3.63) is 101 Å². The van der Waals surface area contributed by atoms with Gasteiger partial charge in [0.15, 0.2) is 4.80 Å². The van der Waals surface area contributed by atoms with E-state index < -0.39 is 28.5 Å². The van der Waals surface area contributed by atoms with Crippen LogP contribution in [0.1, 0.15) is 37.9 Å². The first-order valence-corrected chi connectivity index (χ1v) is 11.7. The minimum atomic E-state index is -0.950. The SMILES string of the molecule is CCOC(=O)C1=C(C)N=c2s/c(=C\c3ccc(OC(C)=O)cc3)c(=O)n2[C@H]1c1cccc([N+](=O)[O-])c1. The van der Waals surface area contributed by atoms with E-state index in [1.807, 2.05) is 0 Å². The lowest BCUT2D eigenvalue weighted by molar-refractivity contribution is -0.384. The second-order valence-electron chi connectivity index (χ2n) is 7.82. The molecule has 1 aromatic heterocycles. The number of benzene rings is 2. The Hall–Kier alpha value is -4.38. The molecular weight excluding hydrogens is 486 g/mol. The smallest absolute Gasteiger partial charge is 0.338 e. The van der Waals surface area contributed by atoms with Crippen molar-refractivity contribution in [3.8, 4) is 5.75 Å². The molecule has 11 heteroatoms. The van der Waals surface area contributed by atoms with Crippen LogP contribution in [-0.2, 0) is 14.3 Å². The third kappa shape index (κ3) is 4.86. The van der Waals surface area contributed by atoms with Crippen LogP contribution < -0.4 is 19.6 Å². The number of nitrogens with zero attached hydrogens (tertiary/aromatic N) is 3. The number of hydrogen-bond donors (Lipinski definition) is 0. The Morgan fingerprint density at radius 1 is 1.22 bits per heavy atom. The summed E-state index contributed by atoms with van der Waals surface area (Å²) in [6.45, 7) is 4.73. The molecule has 2 heterocycles. The lowest BCUT2D eigenvalue weighted by atomic mass is 9.95. The standard InChI is InChI=1S/C25H21N3O7S/c1-4-34-24(31)21-14(2)26-25-27(22(21)17-6-5-7-18(13-17)28(32)33)23(30)20(36-25)12-16-8-10-19(11-9-16)35-15(3)29/h5-13,22H,4H2,1-3H3/b20-12-/t22-/m0/s1. The average molecular weight is 508 g/mol. The Balaban J connectivity index is 1.89. The van der Waals surface area contributed by atoms with Gasteiger partial charge in [0.2, 0.25) is 0 Å². The van der Waals surface area contributed by atoms with Crippen LogP contribution in [0.4, 0.5) is 5.69 Å². The number of non-ortho nitro benzene ring substituents is 1. The van der Waals surface area contributed by atoms with E-state index in [-0.39, 0.29) is 17.9 Å². The number of nitro groups is 1. The van der Waals surface area contributed by atoms with Crippen LogP contribution in [0.5, 0.6) is 5.75 Å². The van der Waals surface area contributed by atoms with E-state index in [1.54, 1.807) is 50.3 Å². The third-order valence-electron chi connectivity index (χ3n) is 5.35. The van der Waals surface area contributed by atoms with E-state index in [0.717, 1.165) is 11.3 Å². The van der Waals surface area contributed by atoms with Gasteiger partial charge in [0.25, 0.3) is 11.2 Å². The van der Waals surface area contributed by atoms with Gasteiger partial charge < -0.3 is 9.47 Å². The Kier molecular flexibility index (Phi) is 6.93. The minimum absolute atomic E-state index is 0.116. The van der Waals surface area contributed by atoms with E-state index in [4.69, 9.17) is 9.47 Å². The van der Waals surface area contributed by atoms with Crippen molar-refractivity contribution in [3.63, 3.8) is 0 Å². The van der Waals surface area contributed by atoms with Gasteiger partial charge in [-0.15, -0.1) is 0 Å². The van der Waals surface area contributed by atoms with Crippen molar-refractivity contribution in [1.29, 1.82) is 0 Å². The summed E-state index contributed by atoms with van der Waals surface area (Å²) in [5.41, 5.74) is 1.00. The Morgan fingerprint density at radius 3 is 2.58 bits per heavy atom. The molecule has 0 amide bonds. The summed E-state index contributed by atoms with van der Waals surface area (Å²) in [6, 6.07) is 11.5. The molecule has 1 atom stereocenters. The van der Waals surface area contributed by atoms with Crippen LogP contribution in [0.15, 0.2) is 69.6 Å². The van der Waals surface area contributed by atoms with E-state index in [1.165, 1.54) is 29.7 Å². The fraction of sp³-hybridized carbons (Fsp3) is 0.200. The number of esters is 2. The zero-order valence-electron chi connectivity index (χ0n) is 19.6. The Morgan fingerprint density at radius 2 is 1.94 bits per heavy atom. The van der Waals surface area contributed by atoms with E-state index >= 15 is 0 Å². The van der Waals surface area contributed by atoms with Crippen LogP contribution in [0.2, 0.25) is 0 Å². The van der Waals surface area contributed by atoms with Gasteiger partial charge in [-0.3, -0.25) is 24.3 Å². The number of aromatic nitrogens is 1. The summed E-state index contributed by atoms with van der Waals surface area (Å²) in [7, 11) is 0. The van der Waals surface area contributed by atoms with Crippen LogP contribution in [0, 0.1) is 10.1 Å². The summed E-state index contributed by atoms with van der Waals surface area (Å²) < 4.78 is 12.0. The largest absolute Gasteiger partial charge is 0.463 e. The molecule has 0 saturated heterocycles. The number of ether oxygens (including phenoxy) is 2. The highest BCUT2D eigenvalue weighted by Crippen LogP contribution is 2.32. The Labute approximate surface area is 208 Å². The number of thiazole rings is 1. The summed E-state index contributed by atoms with van der Waals surface area (Å²) in [6.07, 6.45) is 1.66. The number of nitro benzene ring substituents is 1. The van der Waals surface area contributed by atoms with Gasteiger partial charge in [0.1, 0.15) is 5.75 Å². The van der Waals surface area contributed by atoms with Crippen LogP contribution in [-0.4, -0.2) is 28.0 Å². The van der Waals surface area contributed by atoms with Crippen molar-refractivity contribution in [1.82, 2.24) is 4.57 Å². The monoisotopic (exact) mass is 507 g/mol. The number of hydrogen-bond acceptors (Lipinski definition) is 9. The van der Waals surface area contributed by atoms with Crippen molar-refractivity contribution in [2.75, 3.05) is 6.61 Å². The van der Waals surface area contributed by atoms with Gasteiger partial charge in [-0.1, -0.05) is 35.6 Å². The third-order valence-corrected chi connectivity index (χ3v) is 6.34. The molecule has 4 rings (SSSR count). The lowest BCUT2D eigenvalue weighted by Crippen LogP contribution is -2.39. The molecular formula is C25H21N3O7S. The molecule has 0 bridgehead atoms. The van der Waals surface area contributed by atoms with E-state index in [9.17, 15) is 24.5 Å². The highest BCUT2D eigenvalue weighted by Gasteiger charge is 2.34. The predicted octanol–water partition coefficient (Wildman–Crippen LogP) is 2.63. The molecule has 0 saturated carbocycles. The first-order valence-electron chi connectivity index (χ1n) is 10.9. The second kappa shape index (κ2) is 10.1. The molecule has 36 heavy (non-hydrogen) atoms. The highest BCUT2D eigenvalue weighted by molar-refractivity contribution is 7.07. The zero-order valence-corrected chi connectivity index (χ0v) is 20.4. The van der Waals surface area contributed by atoms with E-state index in [2.05, 4.69) is 4.99 Å². The molecule has 0 unspecified atom stereocenters. The van der Waals surface area contributed by atoms with Gasteiger partial charge in [0, 0.05) is 19.1 Å². The number of carbonyl (C=O) groups is 2. The van der Waals surface area contributed by atoms with Crippen molar-refractivity contribution < 1.29 is 24.0 Å². The lowest BCUT2D eigenvalue weighted by Gasteiger charge is -2.24. The molecule has 0 fully saturated rings. The summed E-state index contributed by atoms with van der Waals surface area (Å²) in [5, 5.41) is 11.4. The molecule has 0 radical (unpaired) electrons. The maximum absolute atomic E-state index is 13.6. The number of allylic oxidation sites excluding steroid dienone is 1. The molecule has 0 aliphatic carbocycles. The first kappa shape index (κ1) is 24.7.